The van der Waals surface area contributed by atoms with Crippen LogP contribution in [0, 0.1) is 0 Å². The monoisotopic (exact) mass is 308 g/mol. The molecular formula is C10H16N2O5S2. The van der Waals surface area contributed by atoms with Crippen LogP contribution < -0.4 is 0 Å². The van der Waals surface area contributed by atoms with E-state index < -0.39 is 21.7 Å². The summed E-state index contributed by atoms with van der Waals surface area (Å²) < 4.78 is 30.7. The lowest BCUT2D eigenvalue weighted by atomic mass is 10.5. The Hall–Kier alpha value is -1.03. The number of thiazole rings is 1. The van der Waals surface area contributed by atoms with E-state index in [9.17, 15) is 13.2 Å². The maximum absolute atomic E-state index is 12.3. The van der Waals surface area contributed by atoms with E-state index in [1.807, 2.05) is 6.92 Å². The zero-order valence-electron chi connectivity index (χ0n) is 10.7. The Labute approximate surface area is 115 Å². The van der Waals surface area contributed by atoms with Gasteiger partial charge in [-0.05, 0) is 6.92 Å². The summed E-state index contributed by atoms with van der Waals surface area (Å²) in [5.74, 6) is -1.35. The maximum atomic E-state index is 12.3. The molecule has 1 rings (SSSR count). The fraction of sp³-hybridized carbons (Fsp3) is 0.600. The van der Waals surface area contributed by atoms with Gasteiger partial charge in [0.25, 0.3) is 10.0 Å². The number of hydrogen-bond acceptors (Lipinski definition) is 6. The fourth-order valence-electron chi connectivity index (χ4n) is 1.44. The molecule has 1 heterocycles. The highest BCUT2D eigenvalue weighted by molar-refractivity contribution is 7.91. The minimum Gasteiger partial charge on any atom is -0.476 e. The number of carbonyl (C=O) groups is 1. The Bertz CT molecular complexity index is 526. The summed E-state index contributed by atoms with van der Waals surface area (Å²) in [5, 5.41) is 8.92. The van der Waals surface area contributed by atoms with Gasteiger partial charge >= 0.3 is 5.97 Å². The third-order valence-electron chi connectivity index (χ3n) is 2.35. The van der Waals surface area contributed by atoms with Gasteiger partial charge in [-0.2, -0.15) is 4.31 Å². The van der Waals surface area contributed by atoms with E-state index >= 15 is 0 Å². The first-order valence-electron chi connectivity index (χ1n) is 5.69. The summed E-state index contributed by atoms with van der Waals surface area (Å²) in [7, 11) is -3.84. The highest BCUT2D eigenvalue weighted by Gasteiger charge is 2.30. The van der Waals surface area contributed by atoms with Crippen LogP contribution in [-0.4, -0.2) is 55.1 Å². The lowest BCUT2D eigenvalue weighted by Gasteiger charge is -2.19. The Morgan fingerprint density at radius 2 is 2.21 bits per heavy atom. The summed E-state index contributed by atoms with van der Waals surface area (Å²) >= 11 is 0.805. The molecule has 0 saturated carbocycles. The molecule has 0 fully saturated rings. The molecular weight excluding hydrogens is 292 g/mol. The number of aromatic carboxylic acids is 1. The molecule has 1 aromatic rings. The van der Waals surface area contributed by atoms with Crippen molar-refractivity contribution in [1.29, 1.82) is 0 Å². The zero-order valence-corrected chi connectivity index (χ0v) is 12.3. The molecule has 0 atom stereocenters. The highest BCUT2D eigenvalue weighted by Crippen LogP contribution is 2.23. The van der Waals surface area contributed by atoms with Crippen LogP contribution in [0.2, 0.25) is 0 Å². The third kappa shape index (κ3) is 3.72. The molecule has 0 amide bonds. The SMILES string of the molecule is CCOCCN(CC)S(=O)(=O)c1scnc1C(=O)O. The van der Waals surface area contributed by atoms with Crippen LogP contribution in [0.15, 0.2) is 9.72 Å². The molecule has 0 spiro atoms. The number of nitrogens with zero attached hydrogens (tertiary/aromatic N) is 2. The quantitative estimate of drug-likeness (QED) is 0.716. The van der Waals surface area contributed by atoms with Crippen LogP contribution in [-0.2, 0) is 14.8 Å². The van der Waals surface area contributed by atoms with E-state index in [0.29, 0.717) is 6.61 Å². The Kier molecular flexibility index (Phi) is 5.85. The molecule has 19 heavy (non-hydrogen) atoms. The van der Waals surface area contributed by atoms with E-state index in [0.717, 1.165) is 11.3 Å². The number of ether oxygens (including phenoxy) is 1. The van der Waals surface area contributed by atoms with Crippen LogP contribution >= 0.6 is 11.3 Å². The number of rotatable bonds is 8. The van der Waals surface area contributed by atoms with Gasteiger partial charge < -0.3 is 9.84 Å². The number of likely N-dealkylation sites (N-methyl/N-ethyl adjacent to an activating group) is 1. The Morgan fingerprint density at radius 3 is 2.74 bits per heavy atom. The topological polar surface area (TPSA) is 96.8 Å². The average molecular weight is 308 g/mol. The molecule has 7 nitrogen and oxygen atoms in total. The van der Waals surface area contributed by atoms with Gasteiger partial charge in [-0.1, -0.05) is 6.92 Å². The minimum absolute atomic E-state index is 0.184. The second-order valence-corrected chi connectivity index (χ2v) is 6.48. The van der Waals surface area contributed by atoms with E-state index in [4.69, 9.17) is 9.84 Å². The molecule has 0 saturated heterocycles. The lowest BCUT2D eigenvalue weighted by Crippen LogP contribution is -2.34. The van der Waals surface area contributed by atoms with E-state index in [1.54, 1.807) is 6.92 Å². The minimum atomic E-state index is -3.84. The van der Waals surface area contributed by atoms with Crippen LogP contribution in [0.4, 0.5) is 0 Å². The summed E-state index contributed by atoms with van der Waals surface area (Å²) in [4.78, 5) is 14.5. The molecule has 0 bridgehead atoms. The normalized spacial score (nSPS) is 11.9. The largest absolute Gasteiger partial charge is 0.476 e. The van der Waals surface area contributed by atoms with E-state index in [2.05, 4.69) is 4.98 Å². The van der Waals surface area contributed by atoms with E-state index in [1.165, 1.54) is 9.82 Å². The zero-order chi connectivity index (χ0) is 14.5. The highest BCUT2D eigenvalue weighted by atomic mass is 32.2. The molecule has 0 aliphatic heterocycles. The van der Waals surface area contributed by atoms with Gasteiger partial charge in [0.05, 0.1) is 12.1 Å². The van der Waals surface area contributed by atoms with Crippen molar-refractivity contribution in [3.8, 4) is 0 Å². The number of sulfonamides is 1. The average Bonchev–Trinajstić information content (AvgIpc) is 2.84. The molecule has 1 N–H and O–H groups in total. The predicted octanol–water partition coefficient (Wildman–Crippen LogP) is 0.888. The van der Waals surface area contributed by atoms with Gasteiger partial charge in [-0.15, -0.1) is 11.3 Å². The van der Waals surface area contributed by atoms with Crippen molar-refractivity contribution in [2.24, 2.45) is 0 Å². The molecule has 0 radical (unpaired) electrons. The van der Waals surface area contributed by atoms with Crippen molar-refractivity contribution in [2.75, 3.05) is 26.3 Å². The first kappa shape index (κ1) is 16.0. The van der Waals surface area contributed by atoms with Crippen LogP contribution in [0.25, 0.3) is 0 Å². The number of aromatic nitrogens is 1. The van der Waals surface area contributed by atoms with E-state index in [-0.39, 0.29) is 23.9 Å². The van der Waals surface area contributed by atoms with Crippen molar-refractivity contribution in [1.82, 2.24) is 9.29 Å². The molecule has 1 aromatic heterocycles. The van der Waals surface area contributed by atoms with Gasteiger partial charge in [0.2, 0.25) is 0 Å². The Morgan fingerprint density at radius 1 is 1.53 bits per heavy atom. The first-order valence-corrected chi connectivity index (χ1v) is 8.01. The second-order valence-electron chi connectivity index (χ2n) is 3.49. The van der Waals surface area contributed by atoms with Gasteiger partial charge in [0.1, 0.15) is 0 Å². The summed E-state index contributed by atoms with van der Waals surface area (Å²) in [6, 6.07) is 0. The van der Waals surface area contributed by atoms with Crippen molar-refractivity contribution in [3.63, 3.8) is 0 Å². The lowest BCUT2D eigenvalue weighted by molar-refractivity contribution is 0.0687. The molecule has 0 unspecified atom stereocenters. The number of carboxylic acid groups (broad SMARTS) is 1. The van der Waals surface area contributed by atoms with Gasteiger partial charge in [0.15, 0.2) is 9.90 Å². The van der Waals surface area contributed by atoms with Crippen LogP contribution in [0.1, 0.15) is 24.3 Å². The summed E-state index contributed by atoms with van der Waals surface area (Å²) in [6.07, 6.45) is 0. The smallest absolute Gasteiger partial charge is 0.356 e. The number of hydrogen-bond donors (Lipinski definition) is 1. The second kappa shape index (κ2) is 6.94. The maximum Gasteiger partial charge on any atom is 0.356 e. The Balaban J connectivity index is 3.00. The summed E-state index contributed by atoms with van der Waals surface area (Å²) in [6.45, 7) is 4.70. The van der Waals surface area contributed by atoms with Gasteiger partial charge in [-0.25, -0.2) is 18.2 Å². The molecule has 9 heteroatoms. The van der Waals surface area contributed by atoms with Crippen molar-refractivity contribution >= 4 is 27.3 Å². The third-order valence-corrected chi connectivity index (χ3v) is 5.67. The predicted molar refractivity (Wildman–Crippen MR) is 70.0 cm³/mol. The fourth-order valence-corrected chi connectivity index (χ4v) is 4.15. The van der Waals surface area contributed by atoms with Gasteiger partial charge in [-0.3, -0.25) is 0 Å². The molecule has 0 aliphatic carbocycles. The molecule has 0 aliphatic rings. The van der Waals surface area contributed by atoms with Crippen molar-refractivity contribution < 1.29 is 23.1 Å². The first-order chi connectivity index (χ1) is 8.95. The standard InChI is InChI=1S/C10H16N2O5S2/c1-3-12(5-6-17-4-2)19(15,16)10-8(9(13)14)11-7-18-10/h7H,3-6H2,1-2H3,(H,13,14). The molecule has 108 valence electrons. The van der Waals surface area contributed by atoms with Crippen LogP contribution in [0.5, 0.6) is 0 Å². The van der Waals surface area contributed by atoms with Crippen molar-refractivity contribution in [3.05, 3.63) is 11.2 Å². The number of carboxylic acids is 1. The summed E-state index contributed by atoms with van der Waals surface area (Å²) in [5.41, 5.74) is 0.784. The van der Waals surface area contributed by atoms with Gasteiger partial charge in [0, 0.05) is 19.7 Å². The van der Waals surface area contributed by atoms with Crippen molar-refractivity contribution in [2.45, 2.75) is 18.1 Å². The molecule has 0 aromatic carbocycles. The van der Waals surface area contributed by atoms with Crippen LogP contribution in [0.3, 0.4) is 0 Å².